The van der Waals surface area contributed by atoms with Crippen molar-refractivity contribution >= 4 is 17.4 Å². The highest BCUT2D eigenvalue weighted by Crippen LogP contribution is 2.34. The van der Waals surface area contributed by atoms with Crippen molar-refractivity contribution in [3.8, 4) is 0 Å². The summed E-state index contributed by atoms with van der Waals surface area (Å²) in [6, 6.07) is 7.57. The van der Waals surface area contributed by atoms with Gasteiger partial charge >= 0.3 is 0 Å². The Morgan fingerprint density at radius 2 is 1.67 bits per heavy atom. The van der Waals surface area contributed by atoms with Gasteiger partial charge in [-0.1, -0.05) is 47.5 Å². The van der Waals surface area contributed by atoms with Gasteiger partial charge in [0.25, 0.3) is 0 Å². The van der Waals surface area contributed by atoms with Gasteiger partial charge in [-0.3, -0.25) is 4.79 Å². The summed E-state index contributed by atoms with van der Waals surface area (Å²) in [5, 5.41) is 0. The third kappa shape index (κ3) is 3.90. The Kier molecular flexibility index (Phi) is 5.41. The quantitative estimate of drug-likeness (QED) is 0.732. The smallest absolute Gasteiger partial charge is 0.196 e. The van der Waals surface area contributed by atoms with Crippen molar-refractivity contribution in [3.05, 3.63) is 70.8 Å². The van der Waals surface area contributed by atoms with Crippen LogP contribution < -0.4 is 0 Å². The van der Waals surface area contributed by atoms with Crippen molar-refractivity contribution < 1.29 is 4.79 Å². The molecule has 1 aliphatic rings. The Balaban J connectivity index is 1.67. The number of carbonyl (C=O) groups excluding carboxylic acids is 1. The fourth-order valence-electron chi connectivity index (χ4n) is 3.21. The first-order valence-corrected chi connectivity index (χ1v) is 8.81. The molecular formula is C20H21ClN2O. The van der Waals surface area contributed by atoms with Crippen LogP contribution in [0.3, 0.4) is 0 Å². The molecule has 3 nitrogen and oxygen atoms in total. The second kappa shape index (κ2) is 7.71. The van der Waals surface area contributed by atoms with Crippen molar-refractivity contribution in [1.29, 1.82) is 0 Å². The second-order valence-corrected chi connectivity index (χ2v) is 6.71. The summed E-state index contributed by atoms with van der Waals surface area (Å²) in [4.78, 5) is 21.4. The van der Waals surface area contributed by atoms with Gasteiger partial charge in [-0.2, -0.15) is 0 Å². The van der Waals surface area contributed by atoms with Gasteiger partial charge in [0.05, 0.1) is 5.56 Å². The molecule has 0 atom stereocenters. The Morgan fingerprint density at radius 1 is 1.04 bits per heavy atom. The minimum Gasteiger partial charge on any atom is -0.288 e. The molecule has 24 heavy (non-hydrogen) atoms. The maximum atomic E-state index is 12.5. The first kappa shape index (κ1) is 16.8. The van der Waals surface area contributed by atoms with E-state index in [1.165, 1.54) is 0 Å². The van der Waals surface area contributed by atoms with Gasteiger partial charge in [-0.05, 0) is 38.5 Å². The molecule has 0 unspecified atom stereocenters. The molecule has 2 aromatic rings. The Hall–Kier alpha value is -2.00. The zero-order chi connectivity index (χ0) is 16.9. The molecule has 0 spiro atoms. The molecule has 3 rings (SSSR count). The standard InChI is InChI=1S/C20H21ClN2O/c1-14-2-6-16(7-3-14)19(24)18-12-22-20(23-13-18)17-8-4-15(5-9-17)10-11-21/h2-3,6-7,10-13,15,17H,4-5,8-9H2,1H3/b11-10+. The van der Waals surface area contributed by atoms with Gasteiger partial charge in [-0.25, -0.2) is 9.97 Å². The molecule has 0 saturated heterocycles. The van der Waals surface area contributed by atoms with E-state index in [4.69, 9.17) is 11.6 Å². The Bertz CT molecular complexity index is 714. The Morgan fingerprint density at radius 3 is 2.25 bits per heavy atom. The van der Waals surface area contributed by atoms with Gasteiger partial charge in [0, 0.05) is 29.4 Å². The molecule has 124 valence electrons. The average Bonchev–Trinajstić information content (AvgIpc) is 2.63. The number of carbonyl (C=O) groups is 1. The molecule has 1 aromatic heterocycles. The maximum Gasteiger partial charge on any atom is 0.196 e. The van der Waals surface area contributed by atoms with Crippen molar-refractivity contribution in [1.82, 2.24) is 9.97 Å². The van der Waals surface area contributed by atoms with Crippen LogP contribution in [0, 0.1) is 12.8 Å². The summed E-state index contributed by atoms with van der Waals surface area (Å²) < 4.78 is 0. The number of allylic oxidation sites excluding steroid dienone is 1. The highest BCUT2D eigenvalue weighted by molar-refractivity contribution is 6.25. The number of hydrogen-bond donors (Lipinski definition) is 0. The highest BCUT2D eigenvalue weighted by Gasteiger charge is 2.23. The molecule has 0 radical (unpaired) electrons. The van der Waals surface area contributed by atoms with Gasteiger partial charge in [0.2, 0.25) is 0 Å². The molecular weight excluding hydrogens is 320 g/mol. The lowest BCUT2D eigenvalue weighted by Gasteiger charge is -2.25. The van der Waals surface area contributed by atoms with Gasteiger partial charge < -0.3 is 0 Å². The number of benzene rings is 1. The average molecular weight is 341 g/mol. The number of aromatic nitrogens is 2. The number of rotatable bonds is 4. The van der Waals surface area contributed by atoms with Crippen LogP contribution in [0.25, 0.3) is 0 Å². The van der Waals surface area contributed by atoms with E-state index in [-0.39, 0.29) is 5.78 Å². The molecule has 1 saturated carbocycles. The largest absolute Gasteiger partial charge is 0.288 e. The zero-order valence-electron chi connectivity index (χ0n) is 13.8. The first-order chi connectivity index (χ1) is 11.7. The van der Waals surface area contributed by atoms with Crippen molar-refractivity contribution in [2.75, 3.05) is 0 Å². The van der Waals surface area contributed by atoms with Crippen molar-refractivity contribution in [2.45, 2.75) is 38.5 Å². The topological polar surface area (TPSA) is 42.9 Å². The molecule has 1 aromatic carbocycles. The van der Waals surface area contributed by atoms with E-state index >= 15 is 0 Å². The highest BCUT2D eigenvalue weighted by atomic mass is 35.5. The van der Waals surface area contributed by atoms with E-state index in [1.54, 1.807) is 17.9 Å². The number of ketones is 1. The van der Waals surface area contributed by atoms with E-state index < -0.39 is 0 Å². The molecule has 0 N–H and O–H groups in total. The van der Waals surface area contributed by atoms with Crippen LogP contribution in [0.2, 0.25) is 0 Å². The molecule has 1 heterocycles. The summed E-state index contributed by atoms with van der Waals surface area (Å²) in [6.45, 7) is 2.00. The number of halogens is 1. The SMILES string of the molecule is Cc1ccc(C(=O)c2cnc(C3CCC(/C=C/Cl)CC3)nc2)cc1. The predicted octanol–water partition coefficient (Wildman–Crippen LogP) is 5.04. The lowest BCUT2D eigenvalue weighted by Crippen LogP contribution is -2.14. The zero-order valence-corrected chi connectivity index (χ0v) is 14.5. The van der Waals surface area contributed by atoms with E-state index in [0.717, 1.165) is 37.1 Å². The van der Waals surface area contributed by atoms with Gasteiger partial charge in [-0.15, -0.1) is 0 Å². The number of hydrogen-bond acceptors (Lipinski definition) is 3. The summed E-state index contributed by atoms with van der Waals surface area (Å²) in [5.74, 6) is 1.77. The number of nitrogens with zero attached hydrogens (tertiary/aromatic N) is 2. The van der Waals surface area contributed by atoms with Crippen LogP contribution in [0.5, 0.6) is 0 Å². The summed E-state index contributed by atoms with van der Waals surface area (Å²) in [6.07, 6.45) is 9.75. The summed E-state index contributed by atoms with van der Waals surface area (Å²) >= 11 is 5.66. The lowest BCUT2D eigenvalue weighted by molar-refractivity contribution is 0.103. The second-order valence-electron chi connectivity index (χ2n) is 6.46. The normalized spacial score (nSPS) is 21.1. The first-order valence-electron chi connectivity index (χ1n) is 8.37. The monoisotopic (exact) mass is 340 g/mol. The molecule has 1 aliphatic carbocycles. The molecule has 0 amide bonds. The predicted molar refractivity (Wildman–Crippen MR) is 96.3 cm³/mol. The molecule has 4 heteroatoms. The fraction of sp³-hybridized carbons (Fsp3) is 0.350. The lowest BCUT2D eigenvalue weighted by atomic mass is 9.81. The van der Waals surface area contributed by atoms with Crippen molar-refractivity contribution in [2.24, 2.45) is 5.92 Å². The summed E-state index contributed by atoms with van der Waals surface area (Å²) in [5.41, 5.74) is 3.97. The third-order valence-electron chi connectivity index (χ3n) is 4.73. The van der Waals surface area contributed by atoms with Crippen molar-refractivity contribution in [3.63, 3.8) is 0 Å². The van der Waals surface area contributed by atoms with Crippen LogP contribution in [-0.2, 0) is 0 Å². The van der Waals surface area contributed by atoms with E-state index in [2.05, 4.69) is 16.0 Å². The van der Waals surface area contributed by atoms with E-state index in [1.807, 2.05) is 31.2 Å². The van der Waals surface area contributed by atoms with Crippen LogP contribution in [0.1, 0.15) is 58.9 Å². The summed E-state index contributed by atoms with van der Waals surface area (Å²) in [7, 11) is 0. The van der Waals surface area contributed by atoms with Gasteiger partial charge in [0.1, 0.15) is 5.82 Å². The Labute approximate surface area is 147 Å². The molecule has 0 aliphatic heterocycles. The van der Waals surface area contributed by atoms with E-state index in [0.29, 0.717) is 23.0 Å². The number of aryl methyl sites for hydroxylation is 1. The fourth-order valence-corrected chi connectivity index (χ4v) is 3.42. The molecule has 1 fully saturated rings. The van der Waals surface area contributed by atoms with Gasteiger partial charge in [0.15, 0.2) is 5.78 Å². The van der Waals surface area contributed by atoms with Crippen LogP contribution >= 0.6 is 11.6 Å². The van der Waals surface area contributed by atoms with Crippen LogP contribution in [0.15, 0.2) is 48.3 Å². The third-order valence-corrected chi connectivity index (χ3v) is 4.88. The van der Waals surface area contributed by atoms with Crippen LogP contribution in [0.4, 0.5) is 0 Å². The maximum absolute atomic E-state index is 12.5. The minimum atomic E-state index is -0.0301. The van der Waals surface area contributed by atoms with E-state index in [9.17, 15) is 4.79 Å². The minimum absolute atomic E-state index is 0.0301. The molecule has 0 bridgehead atoms. The van der Waals surface area contributed by atoms with Crippen LogP contribution in [-0.4, -0.2) is 15.8 Å².